The van der Waals surface area contributed by atoms with Gasteiger partial charge in [-0.25, -0.2) is 14.8 Å². The van der Waals surface area contributed by atoms with Crippen LogP contribution in [0.2, 0.25) is 0 Å². The summed E-state index contributed by atoms with van der Waals surface area (Å²) in [6.45, 7) is 3.11. The molecule has 0 unspecified atom stereocenters. The molecule has 3 aromatic heterocycles. The van der Waals surface area contributed by atoms with Crippen LogP contribution in [0.1, 0.15) is 16.1 Å². The molecule has 0 amide bonds. The number of nitrogens with one attached hydrogen (secondary N) is 1. The summed E-state index contributed by atoms with van der Waals surface area (Å²) < 4.78 is 7.06. The molecule has 10 nitrogen and oxygen atoms in total. The molecule has 0 atom stereocenters. The molecule has 192 valence electrons. The first-order valence-electron chi connectivity index (χ1n) is 11.9. The van der Waals surface area contributed by atoms with Crippen LogP contribution in [-0.4, -0.2) is 57.5 Å². The second-order valence-electron chi connectivity index (χ2n) is 8.82. The number of ether oxygens (including phenoxy) is 1. The summed E-state index contributed by atoms with van der Waals surface area (Å²) in [5.74, 6) is 0.900. The second kappa shape index (κ2) is 9.88. The Morgan fingerprint density at radius 1 is 1.08 bits per heavy atom. The van der Waals surface area contributed by atoms with Crippen LogP contribution in [0, 0.1) is 6.92 Å². The predicted molar refractivity (Wildman–Crippen MR) is 150 cm³/mol. The van der Waals surface area contributed by atoms with E-state index in [1.807, 2.05) is 72.5 Å². The van der Waals surface area contributed by atoms with Gasteiger partial charge in [-0.3, -0.25) is 0 Å². The number of para-hydroxylation sites is 2. The fourth-order valence-corrected chi connectivity index (χ4v) is 5.96. The molecule has 1 saturated heterocycles. The summed E-state index contributed by atoms with van der Waals surface area (Å²) in [7, 11) is 1.80. The zero-order valence-electron chi connectivity index (χ0n) is 20.5. The molecule has 38 heavy (non-hydrogen) atoms. The van der Waals surface area contributed by atoms with Gasteiger partial charge in [-0.1, -0.05) is 53.0 Å². The average molecular weight is 546 g/mol. The number of carboxylic acids is 1. The number of nitrogens with zero attached hydrogens (tertiary/aromatic N) is 6. The standard InChI is InChI=1S/C26H23N7O3S2/c1-15-12-20(30-31-22(15)29-25-27-18-10-6-7-11-19(18)37-25)32(2)26-28-21(24(34)35)23(38-26)33-13-17(14-33)36-16-8-4-3-5-9-16/h3-12,17H,13-14H2,1-2H3,(H,34,35)(H,27,29,31). The van der Waals surface area contributed by atoms with Crippen molar-refractivity contribution in [3.63, 3.8) is 0 Å². The minimum absolute atomic E-state index is 0.00804. The lowest BCUT2D eigenvalue weighted by atomic mass is 10.1. The van der Waals surface area contributed by atoms with Gasteiger partial charge in [0.05, 0.1) is 23.3 Å². The van der Waals surface area contributed by atoms with Gasteiger partial charge in [-0.2, -0.15) is 0 Å². The number of fused-ring (bicyclic) bond motifs is 1. The minimum Gasteiger partial charge on any atom is -0.487 e. The third-order valence-corrected chi connectivity index (χ3v) is 8.25. The van der Waals surface area contributed by atoms with Gasteiger partial charge in [0.1, 0.15) is 16.9 Å². The first-order chi connectivity index (χ1) is 18.4. The minimum atomic E-state index is -1.07. The summed E-state index contributed by atoms with van der Waals surface area (Å²) in [5.41, 5.74) is 1.82. The van der Waals surface area contributed by atoms with Gasteiger partial charge in [0.15, 0.2) is 27.6 Å². The molecule has 0 spiro atoms. The maximum Gasteiger partial charge on any atom is 0.357 e. The van der Waals surface area contributed by atoms with Crippen molar-refractivity contribution in [1.29, 1.82) is 0 Å². The number of aromatic carboxylic acids is 1. The molecular formula is C26H23N7O3S2. The highest BCUT2D eigenvalue weighted by Gasteiger charge is 2.34. The van der Waals surface area contributed by atoms with Crippen molar-refractivity contribution in [1.82, 2.24) is 20.2 Å². The number of thiazole rings is 2. The number of carboxylic acid groups (broad SMARTS) is 1. The fourth-order valence-electron chi connectivity index (χ4n) is 4.05. The lowest BCUT2D eigenvalue weighted by molar-refractivity contribution is 0.0691. The molecule has 0 radical (unpaired) electrons. The maximum atomic E-state index is 12.0. The SMILES string of the molecule is Cc1cc(N(C)c2nc(C(=O)O)c(N3CC(Oc4ccccc4)C3)s2)nnc1Nc1nc2ccccc2s1. The summed E-state index contributed by atoms with van der Waals surface area (Å²) in [4.78, 5) is 24.7. The highest BCUT2D eigenvalue weighted by molar-refractivity contribution is 7.22. The molecule has 1 aliphatic heterocycles. The van der Waals surface area contributed by atoms with Crippen molar-refractivity contribution in [3.05, 3.63) is 71.9 Å². The largest absolute Gasteiger partial charge is 0.487 e. The topological polar surface area (TPSA) is 117 Å². The second-order valence-corrected chi connectivity index (χ2v) is 10.8. The first kappa shape index (κ1) is 24.1. The number of benzene rings is 2. The number of rotatable bonds is 8. The first-order valence-corrected chi connectivity index (χ1v) is 13.5. The van der Waals surface area contributed by atoms with Crippen molar-refractivity contribution in [2.45, 2.75) is 13.0 Å². The molecule has 0 saturated carbocycles. The number of carbonyl (C=O) groups is 1. The molecule has 5 aromatic rings. The van der Waals surface area contributed by atoms with E-state index in [-0.39, 0.29) is 11.8 Å². The van der Waals surface area contributed by atoms with Crippen LogP contribution in [-0.2, 0) is 0 Å². The molecule has 1 aliphatic rings. The Balaban J connectivity index is 1.17. The summed E-state index contributed by atoms with van der Waals surface area (Å²) >= 11 is 2.86. The lowest BCUT2D eigenvalue weighted by Gasteiger charge is -2.39. The van der Waals surface area contributed by atoms with Gasteiger partial charge in [-0.15, -0.1) is 10.2 Å². The van der Waals surface area contributed by atoms with Crippen LogP contribution in [0.5, 0.6) is 5.75 Å². The fraction of sp³-hybridized carbons (Fsp3) is 0.192. The molecule has 2 aromatic carbocycles. The highest BCUT2D eigenvalue weighted by atomic mass is 32.1. The van der Waals surface area contributed by atoms with E-state index in [0.717, 1.165) is 26.7 Å². The van der Waals surface area contributed by atoms with Crippen LogP contribution in [0.25, 0.3) is 10.2 Å². The molecule has 0 aliphatic carbocycles. The third-order valence-electron chi connectivity index (χ3n) is 6.10. The molecule has 4 heterocycles. The van der Waals surface area contributed by atoms with Gasteiger partial charge < -0.3 is 25.0 Å². The van der Waals surface area contributed by atoms with E-state index in [9.17, 15) is 9.90 Å². The van der Waals surface area contributed by atoms with Gasteiger partial charge in [0.2, 0.25) is 0 Å². The Hall–Kier alpha value is -4.29. The van der Waals surface area contributed by atoms with Crippen LogP contribution in [0.3, 0.4) is 0 Å². The Morgan fingerprint density at radius 3 is 2.58 bits per heavy atom. The molecule has 1 fully saturated rings. The number of aromatic nitrogens is 4. The number of anilines is 5. The number of aryl methyl sites for hydroxylation is 1. The van der Waals surface area contributed by atoms with Gasteiger partial charge in [-0.05, 0) is 42.8 Å². The van der Waals surface area contributed by atoms with E-state index in [1.54, 1.807) is 23.3 Å². The molecule has 6 rings (SSSR count). The number of hydrogen-bond acceptors (Lipinski definition) is 11. The van der Waals surface area contributed by atoms with Gasteiger partial charge in [0.25, 0.3) is 0 Å². The molecule has 0 bridgehead atoms. The van der Waals surface area contributed by atoms with E-state index < -0.39 is 5.97 Å². The normalized spacial score (nSPS) is 13.4. The van der Waals surface area contributed by atoms with E-state index in [2.05, 4.69) is 25.5 Å². The maximum absolute atomic E-state index is 12.0. The van der Waals surface area contributed by atoms with Crippen molar-refractivity contribution in [2.24, 2.45) is 0 Å². The Bertz CT molecular complexity index is 1580. The Labute approximate surface area is 226 Å². The zero-order chi connectivity index (χ0) is 26.2. The third kappa shape index (κ3) is 4.71. The Kier molecular flexibility index (Phi) is 6.26. The molecule has 12 heteroatoms. The van der Waals surface area contributed by atoms with E-state index >= 15 is 0 Å². The number of hydrogen-bond donors (Lipinski definition) is 2. The monoisotopic (exact) mass is 545 g/mol. The Morgan fingerprint density at radius 2 is 1.84 bits per heavy atom. The van der Waals surface area contributed by atoms with Crippen molar-refractivity contribution in [2.75, 3.05) is 35.3 Å². The van der Waals surface area contributed by atoms with Crippen molar-refractivity contribution in [3.8, 4) is 5.75 Å². The molecular weight excluding hydrogens is 522 g/mol. The average Bonchev–Trinajstić information content (AvgIpc) is 3.51. The van der Waals surface area contributed by atoms with E-state index in [0.29, 0.717) is 34.9 Å². The highest BCUT2D eigenvalue weighted by Crippen LogP contribution is 2.39. The van der Waals surface area contributed by atoms with Crippen LogP contribution in [0.15, 0.2) is 60.7 Å². The van der Waals surface area contributed by atoms with E-state index in [1.165, 1.54) is 11.3 Å². The lowest BCUT2D eigenvalue weighted by Crippen LogP contribution is -2.54. The van der Waals surface area contributed by atoms with Crippen LogP contribution >= 0.6 is 22.7 Å². The van der Waals surface area contributed by atoms with Crippen LogP contribution in [0.4, 0.5) is 26.9 Å². The van der Waals surface area contributed by atoms with Gasteiger partial charge >= 0.3 is 5.97 Å². The van der Waals surface area contributed by atoms with Crippen LogP contribution < -0.4 is 19.9 Å². The smallest absolute Gasteiger partial charge is 0.357 e. The van der Waals surface area contributed by atoms with E-state index in [4.69, 9.17) is 4.74 Å². The summed E-state index contributed by atoms with van der Waals surface area (Å²) in [6, 6.07) is 19.4. The predicted octanol–water partition coefficient (Wildman–Crippen LogP) is 5.33. The zero-order valence-corrected chi connectivity index (χ0v) is 22.2. The summed E-state index contributed by atoms with van der Waals surface area (Å²) in [5, 5.41) is 23.6. The summed E-state index contributed by atoms with van der Waals surface area (Å²) in [6.07, 6.45) is -0.00804. The molecule has 2 N–H and O–H groups in total. The van der Waals surface area contributed by atoms with Crippen molar-refractivity contribution < 1.29 is 14.6 Å². The van der Waals surface area contributed by atoms with Gasteiger partial charge in [0, 0.05) is 7.05 Å². The quantitative estimate of drug-likeness (QED) is 0.265. The van der Waals surface area contributed by atoms with Crippen molar-refractivity contribution >= 4 is 65.8 Å².